The van der Waals surface area contributed by atoms with E-state index in [1.807, 2.05) is 0 Å². The molecule has 0 unspecified atom stereocenters. The van der Waals surface area contributed by atoms with Gasteiger partial charge in [0.1, 0.15) is 0 Å². The maximum absolute atomic E-state index is 3.48. The van der Waals surface area contributed by atoms with Crippen LogP contribution in [0.5, 0.6) is 0 Å². The molecular weight excluding hydrogens is 358 g/mol. The Morgan fingerprint density at radius 3 is 1.08 bits per heavy atom. The molecule has 0 aromatic heterocycles. The monoisotopic (exact) mass is 378 g/mol. The van der Waals surface area contributed by atoms with Gasteiger partial charge in [-0.1, -0.05) is 0 Å². The number of rotatable bonds is 0. The van der Waals surface area contributed by atoms with E-state index in [0.29, 0.717) is 6.86 Å². The third-order valence-corrected chi connectivity index (χ3v) is 8.68. The van der Waals surface area contributed by atoms with Gasteiger partial charge in [-0.3, -0.25) is 0 Å². The number of hydrogen-bond donors (Lipinski definition) is 0. The summed E-state index contributed by atoms with van der Waals surface area (Å²) in [6.07, 6.45) is 0. The topological polar surface area (TPSA) is 0 Å². The van der Waals surface area contributed by atoms with Crippen LogP contribution < -0.4 is 0 Å². The summed E-state index contributed by atoms with van der Waals surface area (Å²) in [7, 11) is 0. The Balaban J connectivity index is 3.77. The van der Waals surface area contributed by atoms with Crippen LogP contribution in [0.2, 0.25) is 6.86 Å². The molecule has 0 rings (SSSR count). The Morgan fingerprint density at radius 1 is 0.667 bits per heavy atom. The summed E-state index contributed by atoms with van der Waals surface area (Å²) in [5.41, 5.74) is 0. The molecule has 0 atom stereocenters. The van der Waals surface area contributed by atoms with Crippen LogP contribution in [-0.2, 0) is 0 Å². The van der Waals surface area contributed by atoms with Gasteiger partial charge in [0.15, 0.2) is 0 Å². The van der Waals surface area contributed by atoms with Crippen molar-refractivity contribution in [3.05, 3.63) is 0 Å². The zero-order chi connectivity index (χ0) is 9.83. The first kappa shape index (κ1) is 13.2. The van der Waals surface area contributed by atoms with E-state index in [2.05, 4.69) is 49.4 Å². The second kappa shape index (κ2) is 5.14. The molecule has 0 aromatic carbocycles. The normalized spacial score (nSPS) is 12.2. The van der Waals surface area contributed by atoms with E-state index in [-0.39, 0.29) is 0 Å². The predicted octanol–water partition coefficient (Wildman–Crippen LogP) is 2.75. The first-order valence-corrected chi connectivity index (χ1v) is 9.96. The van der Waals surface area contributed by atoms with Crippen molar-refractivity contribution in [2.45, 2.75) is 48.4 Å². The van der Waals surface area contributed by atoms with Crippen molar-refractivity contribution in [1.29, 1.82) is 0 Å². The molecule has 0 aliphatic heterocycles. The Hall–Kier alpha value is 1.16. The number of hydrogen-bond acceptors (Lipinski definition) is 0. The fourth-order valence-corrected chi connectivity index (χ4v) is 5.33. The molecule has 12 heavy (non-hydrogen) atoms. The van der Waals surface area contributed by atoms with Gasteiger partial charge in [-0.25, -0.2) is 0 Å². The van der Waals surface area contributed by atoms with Crippen molar-refractivity contribution in [3.8, 4) is 7.87 Å². The summed E-state index contributed by atoms with van der Waals surface area (Å²) in [4.78, 5) is 0. The molecule has 0 heterocycles. The summed E-state index contributed by atoms with van der Waals surface area (Å²) in [5, 5.41) is 0. The average molecular weight is 376 g/mol. The van der Waals surface area contributed by atoms with Gasteiger partial charge in [0.2, 0.25) is 0 Å². The second-order valence-corrected chi connectivity index (χ2v) is 16.4. The van der Waals surface area contributed by atoms with Crippen LogP contribution in [0.4, 0.5) is 0 Å². The molecule has 2 heteroatoms. The van der Waals surface area contributed by atoms with Crippen LogP contribution in [-0.4, -0.2) is 42.3 Å². The summed E-state index contributed by atoms with van der Waals surface area (Å²) in [5.74, 6) is 0. The van der Waals surface area contributed by atoms with E-state index in [4.69, 9.17) is 0 Å². The summed E-state index contributed by atoms with van der Waals surface area (Å²) < 4.78 is 8.05. The summed E-state index contributed by atoms with van der Waals surface area (Å²) >= 11 is -0.806. The van der Waals surface area contributed by atoms with Crippen molar-refractivity contribution in [3.63, 3.8) is 0 Å². The fraction of sp³-hybridized carbons (Fsp3) is 0.800. The van der Waals surface area contributed by atoms with E-state index in [0.717, 1.165) is 0 Å². The minimum absolute atomic E-state index is 0.403. The molecule has 0 saturated heterocycles. The third kappa shape index (κ3) is 11.2. The van der Waals surface area contributed by atoms with Gasteiger partial charge < -0.3 is 0 Å². The van der Waals surface area contributed by atoms with Crippen LogP contribution in [0.1, 0.15) is 41.5 Å². The van der Waals surface area contributed by atoms with Gasteiger partial charge in [-0.05, 0) is 0 Å². The molecule has 0 saturated carbocycles. The van der Waals surface area contributed by atoms with Crippen molar-refractivity contribution in [2.24, 2.45) is 0 Å². The van der Waals surface area contributed by atoms with Crippen molar-refractivity contribution >= 4 is 42.3 Å². The Labute approximate surface area is 97.7 Å². The van der Waals surface area contributed by atoms with Crippen LogP contribution in [0, 0.1) is 7.87 Å². The fourth-order valence-electron chi connectivity index (χ4n) is 0.438. The molecule has 0 aliphatic rings. The Bertz CT molecular complexity index is 163. The summed E-state index contributed by atoms with van der Waals surface area (Å²) in [6, 6.07) is 0. The molecule has 0 aromatic rings. The first-order valence-electron chi connectivity index (χ1n) is 4.25. The molecular formula is C10H18Sn2. The molecule has 0 N–H and O–H groups in total. The van der Waals surface area contributed by atoms with E-state index >= 15 is 0 Å². The van der Waals surface area contributed by atoms with Gasteiger partial charge >= 0.3 is 98.6 Å². The first-order chi connectivity index (χ1) is 5.21. The minimum atomic E-state index is -0.403. The molecule has 0 spiro atoms. The molecule has 4 radical (unpaired) electrons. The third-order valence-electron chi connectivity index (χ3n) is 0.938. The van der Waals surface area contributed by atoms with Gasteiger partial charge in [0, 0.05) is 0 Å². The molecule has 66 valence electrons. The average Bonchev–Trinajstić information content (AvgIpc) is 1.76. The van der Waals surface area contributed by atoms with Crippen LogP contribution >= 0.6 is 0 Å². The van der Waals surface area contributed by atoms with E-state index < -0.39 is 42.3 Å². The molecule has 0 nitrogen and oxygen atoms in total. The Morgan fingerprint density at radius 2 is 0.917 bits per heavy atom. The molecule has 0 aliphatic carbocycles. The van der Waals surface area contributed by atoms with Crippen LogP contribution in [0.3, 0.4) is 0 Å². The standard InChI is InChI=1S/2C4H9.C2.2Sn/c2*1-4(2)3;1-2;;/h2*1-3H3;;;. The van der Waals surface area contributed by atoms with E-state index in [1.165, 1.54) is 0 Å². The van der Waals surface area contributed by atoms with Crippen LogP contribution in [0.15, 0.2) is 0 Å². The quantitative estimate of drug-likeness (QED) is 0.451. The molecule has 0 fully saturated rings. The van der Waals surface area contributed by atoms with Gasteiger partial charge in [-0.15, -0.1) is 0 Å². The van der Waals surface area contributed by atoms with Crippen molar-refractivity contribution in [2.75, 3.05) is 0 Å². The molecule has 0 bridgehead atoms. The predicted molar refractivity (Wildman–Crippen MR) is 58.7 cm³/mol. The van der Waals surface area contributed by atoms with Gasteiger partial charge in [0.25, 0.3) is 0 Å². The maximum atomic E-state index is 3.48. The zero-order valence-corrected chi connectivity index (χ0v) is 14.7. The van der Waals surface area contributed by atoms with E-state index in [1.54, 1.807) is 0 Å². The summed E-state index contributed by atoms with van der Waals surface area (Å²) in [6.45, 7) is 13.9. The molecule has 0 amide bonds. The van der Waals surface area contributed by atoms with Crippen LogP contribution in [0.25, 0.3) is 0 Å². The van der Waals surface area contributed by atoms with Crippen molar-refractivity contribution in [1.82, 2.24) is 0 Å². The van der Waals surface area contributed by atoms with Crippen molar-refractivity contribution < 1.29 is 0 Å². The van der Waals surface area contributed by atoms with E-state index in [9.17, 15) is 0 Å². The SMILES string of the molecule is C[C](C)(C)[Sn][C]#[C][Sn][C](C)(C)C. The second-order valence-electron chi connectivity index (χ2n) is 5.00. The zero-order valence-electron chi connectivity index (χ0n) is 9.00. The Kier molecular flexibility index (Phi) is 5.64. The van der Waals surface area contributed by atoms with Gasteiger partial charge in [0.05, 0.1) is 0 Å². The van der Waals surface area contributed by atoms with Gasteiger partial charge in [-0.2, -0.15) is 0 Å².